The molecule has 0 N–H and O–H groups in total. The van der Waals surface area contributed by atoms with Crippen molar-refractivity contribution < 1.29 is 0 Å². The number of benzene rings is 1. The molecule has 0 aromatic heterocycles. The van der Waals surface area contributed by atoms with Gasteiger partial charge in [-0.15, -0.1) is 0 Å². The predicted octanol–water partition coefficient (Wildman–Crippen LogP) is 4.61. The fourth-order valence-corrected chi connectivity index (χ4v) is 3.81. The quantitative estimate of drug-likeness (QED) is 0.549. The summed E-state index contributed by atoms with van der Waals surface area (Å²) in [6, 6.07) is 8.57. The van der Waals surface area contributed by atoms with Crippen LogP contribution in [0.3, 0.4) is 0 Å². The van der Waals surface area contributed by atoms with E-state index in [-0.39, 0.29) is 4.32 Å². The molecule has 0 spiro atoms. The largest absolute Gasteiger partial charge is 0.0987 e. The molecule has 0 nitrogen and oxygen atoms in total. The van der Waals surface area contributed by atoms with Gasteiger partial charge in [0.15, 0.2) is 0 Å². The lowest BCUT2D eigenvalue weighted by Gasteiger charge is -2.42. The molecule has 3 aliphatic carbocycles. The van der Waals surface area contributed by atoms with Crippen molar-refractivity contribution in [3.63, 3.8) is 0 Å². The zero-order valence-corrected chi connectivity index (χ0v) is 11.1. The summed E-state index contributed by atoms with van der Waals surface area (Å²) in [5.74, 6) is 0.330. The molecule has 3 aliphatic rings. The number of allylic oxidation sites excluding steroid dienone is 6. The van der Waals surface area contributed by atoms with Gasteiger partial charge in [0.05, 0.1) is 4.32 Å². The van der Waals surface area contributed by atoms with Crippen molar-refractivity contribution in [2.24, 2.45) is 0 Å². The number of hydrogen-bond donors (Lipinski definition) is 0. The molecule has 1 aromatic rings. The second-order valence-corrected chi connectivity index (χ2v) is 5.66. The van der Waals surface area contributed by atoms with E-state index in [1.54, 1.807) is 0 Å². The molecule has 2 atom stereocenters. The molecule has 0 fully saturated rings. The molecule has 17 heavy (non-hydrogen) atoms. The van der Waals surface area contributed by atoms with Gasteiger partial charge < -0.3 is 0 Å². The van der Waals surface area contributed by atoms with Gasteiger partial charge in [0.25, 0.3) is 0 Å². The van der Waals surface area contributed by atoms with Gasteiger partial charge in [0, 0.05) is 5.92 Å². The summed E-state index contributed by atoms with van der Waals surface area (Å²) in [6.07, 6.45) is 8.38. The first-order valence-corrected chi connectivity index (χ1v) is 6.49. The van der Waals surface area contributed by atoms with Crippen LogP contribution in [0.2, 0.25) is 0 Å². The van der Waals surface area contributed by atoms with E-state index in [1.165, 1.54) is 22.3 Å². The Kier molecular flexibility index (Phi) is 2.27. The Labute approximate surface area is 110 Å². The van der Waals surface area contributed by atoms with E-state index in [0.717, 1.165) is 0 Å². The highest BCUT2D eigenvalue weighted by molar-refractivity contribution is 9.10. The topological polar surface area (TPSA) is 0 Å². The van der Waals surface area contributed by atoms with Crippen molar-refractivity contribution in [2.45, 2.75) is 10.2 Å². The van der Waals surface area contributed by atoms with Crippen LogP contribution in [0.1, 0.15) is 17.0 Å². The number of halogens is 1. The second-order valence-electron chi connectivity index (χ2n) is 4.41. The van der Waals surface area contributed by atoms with Gasteiger partial charge in [-0.1, -0.05) is 77.7 Å². The standard InChI is InChI=1S/C16H13Br/c1-3-11-12-9-10-16(17,14(11)4-2)15-8-6-5-7-13(12)15/h3-10,12H,1-2H2. The van der Waals surface area contributed by atoms with Crippen LogP contribution < -0.4 is 0 Å². The molecule has 1 aromatic carbocycles. The van der Waals surface area contributed by atoms with Crippen LogP contribution in [0.5, 0.6) is 0 Å². The zero-order chi connectivity index (χ0) is 12.0. The van der Waals surface area contributed by atoms with E-state index in [9.17, 15) is 0 Å². The maximum absolute atomic E-state index is 3.95. The van der Waals surface area contributed by atoms with E-state index in [4.69, 9.17) is 0 Å². The molecular formula is C16H13Br. The molecule has 1 heteroatoms. The van der Waals surface area contributed by atoms with Crippen LogP contribution in [-0.2, 0) is 4.32 Å². The van der Waals surface area contributed by atoms with Gasteiger partial charge in [-0.25, -0.2) is 0 Å². The van der Waals surface area contributed by atoms with Crippen LogP contribution >= 0.6 is 15.9 Å². The number of alkyl halides is 1. The molecule has 0 saturated carbocycles. The third kappa shape index (κ3) is 1.23. The minimum atomic E-state index is -0.219. The SMILES string of the molecule is C=CC1=C(C=C)C2(Br)C=CC1c1ccccc12. The minimum Gasteiger partial charge on any atom is -0.0987 e. The van der Waals surface area contributed by atoms with Gasteiger partial charge in [0.2, 0.25) is 0 Å². The Hall–Kier alpha value is -1.34. The van der Waals surface area contributed by atoms with Crippen LogP contribution in [0.15, 0.2) is 72.9 Å². The first-order valence-electron chi connectivity index (χ1n) is 5.69. The van der Waals surface area contributed by atoms with Crippen LogP contribution in [0, 0.1) is 0 Å². The summed E-state index contributed by atoms with van der Waals surface area (Å²) in [6.45, 7) is 7.89. The summed E-state index contributed by atoms with van der Waals surface area (Å²) in [4.78, 5) is 0. The van der Waals surface area contributed by atoms with Gasteiger partial charge in [-0.2, -0.15) is 0 Å². The van der Waals surface area contributed by atoms with E-state index in [2.05, 4.69) is 65.5 Å². The average Bonchev–Trinajstić information content (AvgIpc) is 2.38. The van der Waals surface area contributed by atoms with Crippen molar-refractivity contribution in [3.8, 4) is 0 Å². The van der Waals surface area contributed by atoms with Crippen molar-refractivity contribution in [1.82, 2.24) is 0 Å². The maximum atomic E-state index is 3.95. The molecule has 0 radical (unpaired) electrons. The Morgan fingerprint density at radius 1 is 1.18 bits per heavy atom. The normalized spacial score (nSPS) is 29.1. The molecule has 0 saturated heterocycles. The van der Waals surface area contributed by atoms with Gasteiger partial charge in [-0.3, -0.25) is 0 Å². The van der Waals surface area contributed by atoms with E-state index in [1.807, 2.05) is 12.2 Å². The molecule has 2 unspecified atom stereocenters. The Balaban J connectivity index is 2.37. The highest BCUT2D eigenvalue weighted by Gasteiger charge is 2.42. The monoisotopic (exact) mass is 284 g/mol. The molecular weight excluding hydrogens is 272 g/mol. The molecule has 0 amide bonds. The third-order valence-electron chi connectivity index (χ3n) is 3.67. The molecule has 2 bridgehead atoms. The van der Waals surface area contributed by atoms with Crippen molar-refractivity contribution >= 4 is 15.9 Å². The highest BCUT2D eigenvalue weighted by atomic mass is 79.9. The van der Waals surface area contributed by atoms with Gasteiger partial charge in [-0.05, 0) is 22.3 Å². The lowest BCUT2D eigenvalue weighted by molar-refractivity contribution is 0.784. The van der Waals surface area contributed by atoms with Gasteiger partial charge in [0.1, 0.15) is 0 Å². The summed E-state index contributed by atoms with van der Waals surface area (Å²) in [7, 11) is 0. The first-order chi connectivity index (χ1) is 8.22. The lowest BCUT2D eigenvalue weighted by Crippen LogP contribution is -2.31. The zero-order valence-electron chi connectivity index (χ0n) is 9.49. The lowest BCUT2D eigenvalue weighted by atomic mass is 9.67. The van der Waals surface area contributed by atoms with Crippen molar-refractivity contribution in [2.75, 3.05) is 0 Å². The van der Waals surface area contributed by atoms with E-state index < -0.39 is 0 Å². The van der Waals surface area contributed by atoms with Crippen molar-refractivity contribution in [1.29, 1.82) is 0 Å². The Morgan fingerprint density at radius 3 is 2.65 bits per heavy atom. The second kappa shape index (κ2) is 3.58. The summed E-state index contributed by atoms with van der Waals surface area (Å²) in [5, 5.41) is 0. The summed E-state index contributed by atoms with van der Waals surface area (Å²) < 4.78 is -0.219. The predicted molar refractivity (Wildman–Crippen MR) is 76.3 cm³/mol. The molecule has 4 rings (SSSR count). The first kappa shape index (κ1) is 10.8. The number of rotatable bonds is 2. The van der Waals surface area contributed by atoms with E-state index in [0.29, 0.717) is 5.92 Å². The Morgan fingerprint density at radius 2 is 1.94 bits per heavy atom. The average molecular weight is 285 g/mol. The highest BCUT2D eigenvalue weighted by Crippen LogP contribution is 2.55. The molecule has 84 valence electrons. The summed E-state index contributed by atoms with van der Waals surface area (Å²) >= 11 is 3.88. The Bertz CT molecular complexity index is 577. The maximum Gasteiger partial charge on any atom is 0.0941 e. The van der Waals surface area contributed by atoms with E-state index >= 15 is 0 Å². The summed E-state index contributed by atoms with van der Waals surface area (Å²) in [5.41, 5.74) is 5.18. The number of hydrogen-bond acceptors (Lipinski definition) is 0. The van der Waals surface area contributed by atoms with Crippen LogP contribution in [0.4, 0.5) is 0 Å². The van der Waals surface area contributed by atoms with Crippen LogP contribution in [-0.4, -0.2) is 0 Å². The van der Waals surface area contributed by atoms with Gasteiger partial charge >= 0.3 is 0 Å². The minimum absolute atomic E-state index is 0.219. The molecule has 0 aliphatic heterocycles. The molecule has 0 heterocycles. The fraction of sp³-hybridized carbons (Fsp3) is 0.125. The smallest absolute Gasteiger partial charge is 0.0941 e. The van der Waals surface area contributed by atoms with Crippen molar-refractivity contribution in [3.05, 3.63) is 84.0 Å². The van der Waals surface area contributed by atoms with Crippen LogP contribution in [0.25, 0.3) is 0 Å². The fourth-order valence-electron chi connectivity index (χ4n) is 2.91. The third-order valence-corrected chi connectivity index (χ3v) is 4.79.